The van der Waals surface area contributed by atoms with E-state index in [1.165, 1.54) is 11.9 Å². The summed E-state index contributed by atoms with van der Waals surface area (Å²) in [4.78, 5) is 12.5. The summed E-state index contributed by atoms with van der Waals surface area (Å²) in [6.07, 6.45) is 1.46. The van der Waals surface area contributed by atoms with E-state index in [9.17, 15) is 0 Å². The van der Waals surface area contributed by atoms with Crippen LogP contribution in [0.15, 0.2) is 53.2 Å². The van der Waals surface area contributed by atoms with Crippen molar-refractivity contribution in [2.45, 2.75) is 6.92 Å². The zero-order valence-corrected chi connectivity index (χ0v) is 10.9. The van der Waals surface area contributed by atoms with Gasteiger partial charge in [-0.05, 0) is 30.2 Å². The van der Waals surface area contributed by atoms with Crippen molar-refractivity contribution in [2.75, 3.05) is 0 Å². The third kappa shape index (κ3) is 1.73. The first-order chi connectivity index (χ1) is 9.79. The smallest absolute Gasteiger partial charge is 0.266 e. The number of aromatic nitrogens is 3. The maximum atomic E-state index is 5.74. The van der Waals surface area contributed by atoms with E-state index in [0.29, 0.717) is 11.7 Å². The molecule has 0 spiro atoms. The quantitative estimate of drug-likeness (QED) is 0.524. The molecule has 2 aliphatic rings. The highest BCUT2D eigenvalue weighted by Gasteiger charge is 2.12. The van der Waals surface area contributed by atoms with Gasteiger partial charge in [-0.3, -0.25) is 0 Å². The standard InChI is InChI=1S/C16H11N3O/c1-10-3-2-4-11(7-10)12-5-6-13-14(8-12)20-16-15(19-13)17-9-18-16/h2-9H,1H3. The van der Waals surface area contributed by atoms with E-state index in [0.717, 1.165) is 22.2 Å². The molecular formula is C16H11N3O. The molecule has 0 aliphatic carbocycles. The molecule has 0 saturated heterocycles. The lowest BCUT2D eigenvalue weighted by Gasteiger charge is -2.05. The molecule has 0 amide bonds. The van der Waals surface area contributed by atoms with E-state index < -0.39 is 0 Å². The molecule has 20 heavy (non-hydrogen) atoms. The normalized spacial score (nSPS) is 11.2. The second kappa shape index (κ2) is 4.13. The first-order valence-electron chi connectivity index (χ1n) is 6.38. The number of imidazole rings is 1. The largest absolute Gasteiger partial charge is 0.433 e. The van der Waals surface area contributed by atoms with Crippen molar-refractivity contribution in [3.05, 3.63) is 54.4 Å². The monoisotopic (exact) mass is 261 g/mol. The SMILES string of the molecule is Cc1cccc(-c2ccc3nc4ncnc-4oc3c2)c1. The Kier molecular flexibility index (Phi) is 2.29. The maximum Gasteiger partial charge on any atom is 0.266 e. The number of nitrogens with zero attached hydrogens (tertiary/aromatic N) is 3. The zero-order valence-electron chi connectivity index (χ0n) is 10.9. The van der Waals surface area contributed by atoms with Gasteiger partial charge in [0.2, 0.25) is 5.82 Å². The lowest BCUT2D eigenvalue weighted by Crippen LogP contribution is -1.88. The van der Waals surface area contributed by atoms with Crippen LogP contribution in [0, 0.1) is 6.92 Å². The van der Waals surface area contributed by atoms with Crippen LogP contribution in [-0.2, 0) is 0 Å². The number of rotatable bonds is 1. The predicted molar refractivity (Wildman–Crippen MR) is 76.4 cm³/mol. The molecule has 2 aromatic rings. The van der Waals surface area contributed by atoms with E-state index in [-0.39, 0.29) is 0 Å². The molecule has 0 radical (unpaired) electrons. The average Bonchev–Trinajstić information content (AvgIpc) is 2.91. The molecule has 96 valence electrons. The zero-order chi connectivity index (χ0) is 13.5. The Morgan fingerprint density at radius 2 is 1.85 bits per heavy atom. The first-order valence-corrected chi connectivity index (χ1v) is 6.38. The second-order valence-electron chi connectivity index (χ2n) is 4.77. The van der Waals surface area contributed by atoms with Crippen LogP contribution in [0.5, 0.6) is 0 Å². The summed E-state index contributed by atoms with van der Waals surface area (Å²) in [6, 6.07) is 14.4. The number of aryl methyl sites for hydroxylation is 1. The fraction of sp³-hybridized carbons (Fsp3) is 0.0625. The van der Waals surface area contributed by atoms with Crippen LogP contribution in [0.3, 0.4) is 0 Å². The van der Waals surface area contributed by atoms with Gasteiger partial charge in [0.25, 0.3) is 5.89 Å². The van der Waals surface area contributed by atoms with Gasteiger partial charge in [0.15, 0.2) is 5.58 Å². The summed E-state index contributed by atoms with van der Waals surface area (Å²) in [7, 11) is 0. The number of hydrogen-bond donors (Lipinski definition) is 0. The summed E-state index contributed by atoms with van der Waals surface area (Å²) >= 11 is 0. The Hall–Kier alpha value is -2.75. The van der Waals surface area contributed by atoms with Gasteiger partial charge in [0, 0.05) is 0 Å². The Labute approximate surface area is 115 Å². The Balaban J connectivity index is 1.94. The topological polar surface area (TPSA) is 51.8 Å². The highest BCUT2D eigenvalue weighted by molar-refractivity contribution is 5.81. The van der Waals surface area contributed by atoms with Gasteiger partial charge >= 0.3 is 0 Å². The van der Waals surface area contributed by atoms with Crippen molar-refractivity contribution in [3.8, 4) is 22.8 Å². The van der Waals surface area contributed by atoms with E-state index in [4.69, 9.17) is 4.42 Å². The molecule has 0 atom stereocenters. The number of hydrogen-bond acceptors (Lipinski definition) is 4. The molecule has 2 aliphatic heterocycles. The summed E-state index contributed by atoms with van der Waals surface area (Å²) in [6.45, 7) is 2.08. The molecule has 4 nitrogen and oxygen atoms in total. The van der Waals surface area contributed by atoms with Gasteiger partial charge in [-0.1, -0.05) is 35.9 Å². The van der Waals surface area contributed by atoms with Crippen molar-refractivity contribution in [1.82, 2.24) is 15.0 Å². The third-order valence-electron chi connectivity index (χ3n) is 3.29. The molecule has 0 aromatic heterocycles. The first kappa shape index (κ1) is 11.1. The molecule has 0 saturated carbocycles. The fourth-order valence-corrected chi connectivity index (χ4v) is 2.31. The van der Waals surface area contributed by atoms with Crippen LogP contribution in [0.4, 0.5) is 0 Å². The highest BCUT2D eigenvalue weighted by atomic mass is 16.3. The molecule has 0 N–H and O–H groups in total. The van der Waals surface area contributed by atoms with Crippen molar-refractivity contribution < 1.29 is 4.42 Å². The van der Waals surface area contributed by atoms with Gasteiger partial charge in [-0.15, -0.1) is 0 Å². The van der Waals surface area contributed by atoms with Crippen molar-refractivity contribution >= 4 is 11.1 Å². The molecule has 0 unspecified atom stereocenters. The second-order valence-corrected chi connectivity index (χ2v) is 4.77. The summed E-state index contributed by atoms with van der Waals surface area (Å²) in [5, 5.41) is 0. The Morgan fingerprint density at radius 1 is 0.950 bits per heavy atom. The predicted octanol–water partition coefficient (Wildman–Crippen LogP) is 3.70. The molecule has 2 heterocycles. The van der Waals surface area contributed by atoms with Crippen molar-refractivity contribution in [2.24, 2.45) is 0 Å². The Bertz CT molecular complexity index is 882. The molecule has 0 bridgehead atoms. The lowest BCUT2D eigenvalue weighted by molar-refractivity contribution is 0.596. The highest BCUT2D eigenvalue weighted by Crippen LogP contribution is 2.27. The summed E-state index contributed by atoms with van der Waals surface area (Å²) in [5.74, 6) is 1.01. The lowest BCUT2D eigenvalue weighted by atomic mass is 10.0. The summed E-state index contributed by atoms with van der Waals surface area (Å²) < 4.78 is 5.74. The van der Waals surface area contributed by atoms with Crippen molar-refractivity contribution in [1.29, 1.82) is 0 Å². The molecular weight excluding hydrogens is 250 g/mol. The third-order valence-corrected chi connectivity index (χ3v) is 3.29. The van der Waals surface area contributed by atoms with Gasteiger partial charge in [0.05, 0.1) is 0 Å². The minimum atomic E-state index is 0.471. The van der Waals surface area contributed by atoms with Gasteiger partial charge in [-0.25, -0.2) is 9.97 Å². The fourth-order valence-electron chi connectivity index (χ4n) is 2.31. The molecule has 2 aromatic carbocycles. The molecule has 4 rings (SSSR count). The van der Waals surface area contributed by atoms with Crippen LogP contribution in [-0.4, -0.2) is 15.0 Å². The van der Waals surface area contributed by atoms with E-state index in [1.54, 1.807) is 0 Å². The van der Waals surface area contributed by atoms with Crippen LogP contribution in [0.2, 0.25) is 0 Å². The molecule has 0 fully saturated rings. The minimum Gasteiger partial charge on any atom is -0.433 e. The average molecular weight is 261 g/mol. The van der Waals surface area contributed by atoms with Gasteiger partial charge in [0.1, 0.15) is 11.8 Å². The van der Waals surface area contributed by atoms with E-state index in [1.807, 2.05) is 18.2 Å². The van der Waals surface area contributed by atoms with E-state index in [2.05, 4.69) is 46.1 Å². The van der Waals surface area contributed by atoms with Gasteiger partial charge in [-0.2, -0.15) is 4.98 Å². The minimum absolute atomic E-state index is 0.471. The van der Waals surface area contributed by atoms with Crippen LogP contribution < -0.4 is 0 Å². The van der Waals surface area contributed by atoms with Gasteiger partial charge < -0.3 is 4.42 Å². The Morgan fingerprint density at radius 3 is 2.75 bits per heavy atom. The maximum absolute atomic E-state index is 5.74. The number of benzene rings is 2. The van der Waals surface area contributed by atoms with Crippen molar-refractivity contribution in [3.63, 3.8) is 0 Å². The van der Waals surface area contributed by atoms with Crippen LogP contribution in [0.1, 0.15) is 5.56 Å². The van der Waals surface area contributed by atoms with Crippen LogP contribution >= 0.6 is 0 Å². The number of fused-ring (bicyclic) bond motifs is 2. The molecule has 4 heteroatoms. The summed E-state index contributed by atoms with van der Waals surface area (Å²) in [5.41, 5.74) is 5.00. The van der Waals surface area contributed by atoms with Crippen LogP contribution in [0.25, 0.3) is 33.9 Å². The van der Waals surface area contributed by atoms with E-state index >= 15 is 0 Å².